The van der Waals surface area contributed by atoms with Gasteiger partial charge in [-0.25, -0.2) is 0 Å². The molecule has 1 atom stereocenters. The Morgan fingerprint density at radius 1 is 1.35 bits per heavy atom. The van der Waals surface area contributed by atoms with Gasteiger partial charge in [-0.2, -0.15) is 0 Å². The third kappa shape index (κ3) is 3.56. The molecule has 1 aromatic rings. The number of carbonyl (C=O) groups is 1. The third-order valence-electron chi connectivity index (χ3n) is 2.11. The quantitative estimate of drug-likeness (QED) is 0.587. The van der Waals surface area contributed by atoms with Gasteiger partial charge in [-0.1, -0.05) is 6.58 Å². The Kier molecular flexibility index (Phi) is 5.22. The third-order valence-corrected chi connectivity index (χ3v) is 5.45. The first kappa shape index (κ1) is 14.7. The van der Waals surface area contributed by atoms with Crippen LogP contribution in [0.3, 0.4) is 0 Å². The summed E-state index contributed by atoms with van der Waals surface area (Å²) < 4.78 is 8.11. The van der Waals surface area contributed by atoms with Gasteiger partial charge in [0.1, 0.15) is 11.9 Å². The molecule has 0 aliphatic carbocycles. The van der Waals surface area contributed by atoms with Crippen LogP contribution in [0.2, 0.25) is 0 Å². The molecule has 0 aromatic heterocycles. The van der Waals surface area contributed by atoms with E-state index in [0.717, 1.165) is 13.4 Å². The fourth-order valence-electron chi connectivity index (χ4n) is 1.06. The molecule has 17 heavy (non-hydrogen) atoms. The minimum atomic E-state index is -0.565. The number of ether oxygens (including phenoxy) is 1. The van der Waals surface area contributed by atoms with Gasteiger partial charge in [0.25, 0.3) is 0 Å². The Bertz CT molecular complexity index is 474. The van der Waals surface area contributed by atoms with E-state index in [-0.39, 0.29) is 5.57 Å². The molecular weight excluding hydrogens is 418 g/mol. The van der Waals surface area contributed by atoms with Crippen molar-refractivity contribution in [2.24, 2.45) is 5.73 Å². The van der Waals surface area contributed by atoms with Gasteiger partial charge in [0, 0.05) is 14.5 Å². The van der Waals surface area contributed by atoms with Crippen LogP contribution in [0.4, 0.5) is 0 Å². The van der Waals surface area contributed by atoms with Gasteiger partial charge < -0.3 is 10.5 Å². The monoisotopic (exact) mass is 425 g/mol. The number of amides is 1. The summed E-state index contributed by atoms with van der Waals surface area (Å²) in [5, 5.41) is 0. The Labute approximate surface area is 125 Å². The molecule has 1 unspecified atom stereocenters. The molecular formula is C11H10Br3NO2. The van der Waals surface area contributed by atoms with Crippen LogP contribution >= 0.6 is 47.8 Å². The van der Waals surface area contributed by atoms with Crippen LogP contribution in [0.25, 0.3) is 0 Å². The smallest absolute Gasteiger partial charge is 0.247 e. The number of benzene rings is 1. The van der Waals surface area contributed by atoms with Crippen molar-refractivity contribution >= 4 is 53.7 Å². The molecule has 3 nitrogen and oxygen atoms in total. The molecule has 0 aliphatic heterocycles. The second kappa shape index (κ2) is 6.02. The maximum Gasteiger partial charge on any atom is 0.247 e. The Morgan fingerprint density at radius 3 is 2.47 bits per heavy atom. The second-order valence-electron chi connectivity index (χ2n) is 3.32. The number of hydrogen-bond acceptors (Lipinski definition) is 2. The lowest BCUT2D eigenvalue weighted by molar-refractivity contribution is -0.115. The van der Waals surface area contributed by atoms with Crippen molar-refractivity contribution in [3.05, 3.63) is 37.7 Å². The van der Waals surface area contributed by atoms with Gasteiger partial charge in [0.15, 0.2) is 0 Å². The van der Waals surface area contributed by atoms with Crippen LogP contribution < -0.4 is 10.5 Å². The molecule has 2 N–H and O–H groups in total. The largest absolute Gasteiger partial charge is 0.485 e. The van der Waals surface area contributed by atoms with E-state index in [1.165, 1.54) is 0 Å². The van der Waals surface area contributed by atoms with E-state index < -0.39 is 12.0 Å². The molecule has 0 spiro atoms. The molecule has 0 fully saturated rings. The fourth-order valence-corrected chi connectivity index (χ4v) is 2.42. The van der Waals surface area contributed by atoms with Crippen LogP contribution in [0.15, 0.2) is 37.7 Å². The topological polar surface area (TPSA) is 52.3 Å². The standard InChI is InChI=1S/C11H10Br3NO2/c1-5(11(15)16)6(2)17-8-4-3-7(12)9(13)10(8)14/h3-4,6H,1H2,2H3,(H2,15,16). The maximum atomic E-state index is 11.0. The summed E-state index contributed by atoms with van der Waals surface area (Å²) >= 11 is 10.2. The van der Waals surface area contributed by atoms with Crippen molar-refractivity contribution < 1.29 is 9.53 Å². The lowest BCUT2D eigenvalue weighted by atomic mass is 10.2. The summed E-state index contributed by atoms with van der Waals surface area (Å²) in [6.07, 6.45) is -0.475. The summed E-state index contributed by atoms with van der Waals surface area (Å²) in [4.78, 5) is 11.0. The predicted octanol–water partition coefficient (Wildman–Crippen LogP) is 3.78. The maximum absolute atomic E-state index is 11.0. The summed E-state index contributed by atoms with van der Waals surface area (Å²) in [5.41, 5.74) is 5.37. The van der Waals surface area contributed by atoms with E-state index in [1.54, 1.807) is 13.0 Å². The van der Waals surface area contributed by atoms with Gasteiger partial charge >= 0.3 is 0 Å². The number of primary amides is 1. The molecule has 1 rings (SSSR count). The summed E-state index contributed by atoms with van der Waals surface area (Å²) in [6, 6.07) is 3.62. The highest BCUT2D eigenvalue weighted by Gasteiger charge is 2.16. The average molecular weight is 428 g/mol. The number of nitrogens with two attached hydrogens (primary N) is 1. The van der Waals surface area contributed by atoms with Crippen molar-refractivity contribution in [3.8, 4) is 5.75 Å². The number of halogens is 3. The molecule has 1 amide bonds. The number of carbonyl (C=O) groups excluding carboxylic acids is 1. The van der Waals surface area contributed by atoms with Crippen LogP contribution in [0.5, 0.6) is 5.75 Å². The Hall–Kier alpha value is -0.330. The van der Waals surface area contributed by atoms with E-state index in [2.05, 4.69) is 54.4 Å². The molecule has 92 valence electrons. The van der Waals surface area contributed by atoms with Crippen LogP contribution in [-0.4, -0.2) is 12.0 Å². The Balaban J connectivity index is 2.93. The first-order valence-electron chi connectivity index (χ1n) is 4.63. The molecule has 0 saturated carbocycles. The normalized spacial score (nSPS) is 12.0. The van der Waals surface area contributed by atoms with E-state index in [4.69, 9.17) is 10.5 Å². The second-order valence-corrected chi connectivity index (χ2v) is 5.76. The van der Waals surface area contributed by atoms with Gasteiger partial charge in [-0.05, 0) is 66.8 Å². The first-order valence-corrected chi connectivity index (χ1v) is 7.01. The van der Waals surface area contributed by atoms with Gasteiger partial charge in [0.05, 0.1) is 4.47 Å². The molecule has 6 heteroatoms. The zero-order valence-electron chi connectivity index (χ0n) is 8.97. The first-order chi connectivity index (χ1) is 7.84. The Morgan fingerprint density at radius 2 is 1.94 bits per heavy atom. The molecule has 1 aromatic carbocycles. The molecule has 0 heterocycles. The van der Waals surface area contributed by atoms with Crippen LogP contribution in [0, 0.1) is 0 Å². The van der Waals surface area contributed by atoms with Gasteiger partial charge in [0.2, 0.25) is 5.91 Å². The number of hydrogen-bond donors (Lipinski definition) is 1. The minimum absolute atomic E-state index is 0.232. The van der Waals surface area contributed by atoms with Crippen molar-refractivity contribution in [1.82, 2.24) is 0 Å². The van der Waals surface area contributed by atoms with E-state index in [9.17, 15) is 4.79 Å². The van der Waals surface area contributed by atoms with Gasteiger partial charge in [-0.15, -0.1) is 0 Å². The van der Waals surface area contributed by atoms with Crippen molar-refractivity contribution in [3.63, 3.8) is 0 Å². The van der Waals surface area contributed by atoms with Crippen molar-refractivity contribution in [2.75, 3.05) is 0 Å². The fraction of sp³-hybridized carbons (Fsp3) is 0.182. The summed E-state index contributed by atoms with van der Waals surface area (Å²) in [6.45, 7) is 5.30. The van der Waals surface area contributed by atoms with E-state index >= 15 is 0 Å². The molecule has 0 radical (unpaired) electrons. The van der Waals surface area contributed by atoms with E-state index in [0.29, 0.717) is 5.75 Å². The minimum Gasteiger partial charge on any atom is -0.485 e. The zero-order valence-corrected chi connectivity index (χ0v) is 13.7. The molecule has 0 saturated heterocycles. The molecule has 0 aliphatic rings. The average Bonchev–Trinajstić information content (AvgIpc) is 2.28. The van der Waals surface area contributed by atoms with Gasteiger partial charge in [-0.3, -0.25) is 4.79 Å². The van der Waals surface area contributed by atoms with Crippen LogP contribution in [0.1, 0.15) is 6.92 Å². The highest BCUT2D eigenvalue weighted by molar-refractivity contribution is 9.14. The van der Waals surface area contributed by atoms with E-state index in [1.807, 2.05) is 6.07 Å². The lowest BCUT2D eigenvalue weighted by Gasteiger charge is -2.17. The van der Waals surface area contributed by atoms with Crippen LogP contribution in [-0.2, 0) is 4.79 Å². The summed E-state index contributed by atoms with van der Waals surface area (Å²) in [5.74, 6) is 0.0415. The molecule has 0 bridgehead atoms. The highest BCUT2D eigenvalue weighted by Crippen LogP contribution is 2.38. The number of rotatable bonds is 4. The lowest BCUT2D eigenvalue weighted by Crippen LogP contribution is -2.25. The highest BCUT2D eigenvalue weighted by atomic mass is 79.9. The predicted molar refractivity (Wildman–Crippen MR) is 78.0 cm³/mol. The van der Waals surface area contributed by atoms with Crippen molar-refractivity contribution in [2.45, 2.75) is 13.0 Å². The zero-order chi connectivity index (χ0) is 13.2. The SMILES string of the molecule is C=C(C(N)=O)C(C)Oc1ccc(Br)c(Br)c1Br. The van der Waals surface area contributed by atoms with Crippen molar-refractivity contribution in [1.29, 1.82) is 0 Å². The summed E-state index contributed by atoms with van der Waals surface area (Å²) in [7, 11) is 0.